The van der Waals surface area contributed by atoms with Gasteiger partial charge in [0.15, 0.2) is 0 Å². The van der Waals surface area contributed by atoms with E-state index in [9.17, 15) is 29.8 Å². The third-order valence-electron chi connectivity index (χ3n) is 3.27. The molecule has 0 bridgehead atoms. The molecule has 0 aliphatic heterocycles. The van der Waals surface area contributed by atoms with Crippen LogP contribution in [-0.4, -0.2) is 21.7 Å². The highest BCUT2D eigenvalue weighted by molar-refractivity contribution is 6.00. The number of nitrogens with zero attached hydrogens (tertiary/aromatic N) is 2. The Morgan fingerprint density at radius 1 is 0.880 bits per heavy atom. The number of hydrogen-bond donors (Lipinski definition) is 2. The van der Waals surface area contributed by atoms with Gasteiger partial charge in [0.1, 0.15) is 0 Å². The number of amides is 2. The quantitative estimate of drug-likeness (QED) is 0.640. The van der Waals surface area contributed by atoms with E-state index in [4.69, 9.17) is 0 Å². The number of rotatable bonds is 4. The van der Waals surface area contributed by atoms with E-state index in [0.717, 1.165) is 18.2 Å². The molecule has 0 radical (unpaired) electrons. The highest BCUT2D eigenvalue weighted by Gasteiger charge is 2.20. The maximum atomic E-state index is 12.0. The number of nitro benzene ring substituents is 2. The van der Waals surface area contributed by atoms with Gasteiger partial charge >= 0.3 is 0 Å². The molecule has 2 aromatic rings. The molecule has 0 aromatic heterocycles. The lowest BCUT2D eigenvalue weighted by Gasteiger charge is -2.09. The van der Waals surface area contributed by atoms with Crippen molar-refractivity contribution in [3.05, 3.63) is 79.4 Å². The highest BCUT2D eigenvalue weighted by atomic mass is 16.6. The maximum Gasteiger partial charge on any atom is 0.277 e. The zero-order chi connectivity index (χ0) is 18.6. The summed E-state index contributed by atoms with van der Waals surface area (Å²) in [5.74, 6) is -1.51. The van der Waals surface area contributed by atoms with Crippen LogP contribution in [0.25, 0.3) is 0 Å². The van der Waals surface area contributed by atoms with Crippen molar-refractivity contribution in [3.8, 4) is 0 Å². The Morgan fingerprint density at radius 2 is 1.40 bits per heavy atom. The highest BCUT2D eigenvalue weighted by Crippen LogP contribution is 2.22. The van der Waals surface area contributed by atoms with Gasteiger partial charge in [0.05, 0.1) is 21.5 Å². The minimum Gasteiger partial charge on any atom is -0.267 e. The van der Waals surface area contributed by atoms with Crippen molar-refractivity contribution in [1.82, 2.24) is 10.9 Å². The molecule has 2 N–H and O–H groups in total. The van der Waals surface area contributed by atoms with Gasteiger partial charge in [-0.15, -0.1) is 0 Å². The van der Waals surface area contributed by atoms with Crippen LogP contribution in [0.2, 0.25) is 0 Å². The lowest BCUT2D eigenvalue weighted by atomic mass is 10.1. The maximum absolute atomic E-state index is 12.0. The molecular formula is C15H12N4O6. The first kappa shape index (κ1) is 17.5. The third kappa shape index (κ3) is 4.13. The Bertz CT molecular complexity index is 848. The van der Waals surface area contributed by atoms with E-state index < -0.39 is 33.0 Å². The van der Waals surface area contributed by atoms with Gasteiger partial charge < -0.3 is 0 Å². The van der Waals surface area contributed by atoms with E-state index >= 15 is 0 Å². The molecule has 10 nitrogen and oxygen atoms in total. The van der Waals surface area contributed by atoms with Crippen molar-refractivity contribution >= 4 is 23.2 Å². The second-order valence-corrected chi connectivity index (χ2v) is 4.98. The Hall–Kier alpha value is -3.82. The largest absolute Gasteiger partial charge is 0.277 e. The molecule has 0 atom stereocenters. The number of benzene rings is 2. The first-order valence-corrected chi connectivity index (χ1v) is 6.90. The molecule has 0 aliphatic rings. The van der Waals surface area contributed by atoms with Crippen molar-refractivity contribution in [2.45, 2.75) is 6.92 Å². The lowest BCUT2D eigenvalue weighted by Crippen LogP contribution is -2.41. The summed E-state index contributed by atoms with van der Waals surface area (Å²) in [6, 6.07) is 9.14. The number of aryl methyl sites for hydroxylation is 1. The summed E-state index contributed by atoms with van der Waals surface area (Å²) in [6.45, 7) is 1.71. The fraction of sp³-hybridized carbons (Fsp3) is 0.0667. The average Bonchev–Trinajstić information content (AvgIpc) is 2.59. The third-order valence-corrected chi connectivity index (χ3v) is 3.27. The van der Waals surface area contributed by atoms with Crippen LogP contribution < -0.4 is 10.9 Å². The molecule has 2 amide bonds. The second-order valence-electron chi connectivity index (χ2n) is 4.98. The molecule has 0 spiro atoms. The smallest absolute Gasteiger partial charge is 0.267 e. The summed E-state index contributed by atoms with van der Waals surface area (Å²) in [6.07, 6.45) is 0. The molecule has 0 saturated heterocycles. The molecule has 0 fully saturated rings. The molecule has 2 rings (SSSR count). The van der Waals surface area contributed by atoms with E-state index in [1.165, 1.54) is 0 Å². The number of carbonyl (C=O) groups excluding carboxylic acids is 2. The Balaban J connectivity index is 2.18. The van der Waals surface area contributed by atoms with Crippen LogP contribution in [0, 0.1) is 27.2 Å². The van der Waals surface area contributed by atoms with E-state index in [1.54, 1.807) is 31.2 Å². The first-order chi connectivity index (χ1) is 11.8. The van der Waals surface area contributed by atoms with Gasteiger partial charge in [0.2, 0.25) is 0 Å². The number of carbonyl (C=O) groups is 2. The first-order valence-electron chi connectivity index (χ1n) is 6.90. The molecule has 0 unspecified atom stereocenters. The lowest BCUT2D eigenvalue weighted by molar-refractivity contribution is -0.394. The second kappa shape index (κ2) is 7.17. The van der Waals surface area contributed by atoms with Crippen molar-refractivity contribution in [2.75, 3.05) is 0 Å². The van der Waals surface area contributed by atoms with Gasteiger partial charge in [-0.3, -0.25) is 40.7 Å². The Labute approximate surface area is 140 Å². The van der Waals surface area contributed by atoms with Crippen molar-refractivity contribution in [2.24, 2.45) is 0 Å². The summed E-state index contributed by atoms with van der Waals surface area (Å²) >= 11 is 0. The number of hydrogen-bond acceptors (Lipinski definition) is 6. The zero-order valence-corrected chi connectivity index (χ0v) is 12.9. The minimum atomic E-state index is -0.922. The van der Waals surface area contributed by atoms with Crippen LogP contribution in [0.4, 0.5) is 11.4 Å². The molecule has 2 aromatic carbocycles. The van der Waals surface area contributed by atoms with Crippen molar-refractivity contribution in [3.63, 3.8) is 0 Å². The van der Waals surface area contributed by atoms with E-state index in [0.29, 0.717) is 11.1 Å². The number of nitrogens with one attached hydrogen (secondary N) is 2. The summed E-state index contributed by atoms with van der Waals surface area (Å²) in [7, 11) is 0. The van der Waals surface area contributed by atoms with Gasteiger partial charge in [0, 0.05) is 17.7 Å². The van der Waals surface area contributed by atoms with Crippen LogP contribution in [-0.2, 0) is 0 Å². The minimum absolute atomic E-state index is 0.327. The van der Waals surface area contributed by atoms with Gasteiger partial charge in [0.25, 0.3) is 23.2 Å². The van der Waals surface area contributed by atoms with Crippen molar-refractivity contribution < 1.29 is 19.4 Å². The standard InChI is InChI=1S/C15H12N4O6/c1-9-4-2-3-5-13(9)15(21)17-16-14(20)10-6-11(18(22)23)8-12(7-10)19(24)25/h2-8H,1H3,(H,16,20)(H,17,21). The van der Waals surface area contributed by atoms with E-state index in [-0.39, 0.29) is 5.56 Å². The predicted octanol–water partition coefficient (Wildman–Crippen LogP) is 1.89. The fourth-order valence-corrected chi connectivity index (χ4v) is 2.02. The fourth-order valence-electron chi connectivity index (χ4n) is 2.02. The SMILES string of the molecule is Cc1ccccc1C(=O)NNC(=O)c1cc([N+](=O)[O-])cc([N+](=O)[O-])c1. The van der Waals surface area contributed by atoms with Crippen molar-refractivity contribution in [1.29, 1.82) is 0 Å². The summed E-state index contributed by atoms with van der Waals surface area (Å²) in [4.78, 5) is 44.0. The average molecular weight is 344 g/mol. The van der Waals surface area contributed by atoms with Crippen LogP contribution in [0.15, 0.2) is 42.5 Å². The van der Waals surface area contributed by atoms with Gasteiger partial charge in [-0.25, -0.2) is 0 Å². The van der Waals surface area contributed by atoms with E-state index in [1.807, 2.05) is 0 Å². The molecule has 25 heavy (non-hydrogen) atoms. The number of non-ortho nitro benzene ring substituents is 2. The van der Waals surface area contributed by atoms with Gasteiger partial charge in [-0.05, 0) is 18.6 Å². The summed E-state index contributed by atoms with van der Waals surface area (Å²) in [5.41, 5.74) is 3.70. The van der Waals surface area contributed by atoms with Crippen LogP contribution in [0.5, 0.6) is 0 Å². The normalized spacial score (nSPS) is 9.96. The molecule has 0 aliphatic carbocycles. The molecule has 0 heterocycles. The molecule has 10 heteroatoms. The Morgan fingerprint density at radius 3 is 1.92 bits per heavy atom. The summed E-state index contributed by atoms with van der Waals surface area (Å²) < 4.78 is 0. The number of nitro groups is 2. The molecule has 0 saturated carbocycles. The zero-order valence-electron chi connectivity index (χ0n) is 12.9. The van der Waals surface area contributed by atoms with E-state index in [2.05, 4.69) is 10.9 Å². The van der Waals surface area contributed by atoms with Gasteiger partial charge in [-0.1, -0.05) is 18.2 Å². The monoisotopic (exact) mass is 344 g/mol. The topological polar surface area (TPSA) is 144 Å². The predicted molar refractivity (Wildman–Crippen MR) is 85.9 cm³/mol. The van der Waals surface area contributed by atoms with Crippen LogP contribution in [0.1, 0.15) is 26.3 Å². The van der Waals surface area contributed by atoms with Crippen LogP contribution >= 0.6 is 0 Å². The van der Waals surface area contributed by atoms with Gasteiger partial charge in [-0.2, -0.15) is 0 Å². The Kier molecular flexibility index (Phi) is 5.03. The number of hydrazine groups is 1. The summed E-state index contributed by atoms with van der Waals surface area (Å²) in [5, 5.41) is 21.6. The molecule has 128 valence electrons. The van der Waals surface area contributed by atoms with Crippen LogP contribution in [0.3, 0.4) is 0 Å². The molecular weight excluding hydrogens is 332 g/mol.